The van der Waals surface area contributed by atoms with Crippen LogP contribution in [0, 0.1) is 0 Å². The summed E-state index contributed by atoms with van der Waals surface area (Å²) in [4.78, 5) is 6.61. The van der Waals surface area contributed by atoms with Crippen molar-refractivity contribution in [3.05, 3.63) is 72.6 Å². The molecule has 1 fully saturated rings. The van der Waals surface area contributed by atoms with E-state index in [4.69, 9.17) is 4.74 Å². The Bertz CT molecular complexity index is 666. The Hall–Kier alpha value is -2.17. The van der Waals surface area contributed by atoms with Crippen LogP contribution in [0.1, 0.15) is 42.9 Å². The van der Waals surface area contributed by atoms with Gasteiger partial charge in [0.1, 0.15) is 5.75 Å². The van der Waals surface area contributed by atoms with Crippen LogP contribution in [0.4, 0.5) is 0 Å². The van der Waals surface area contributed by atoms with Gasteiger partial charge in [0.25, 0.3) is 0 Å². The first-order chi connectivity index (χ1) is 13.3. The van der Waals surface area contributed by atoms with Crippen LogP contribution in [0.5, 0.6) is 5.75 Å². The predicted octanol–water partition coefficient (Wildman–Crippen LogP) is 4.35. The smallest absolute Gasteiger partial charge is 0.119 e. The lowest BCUT2D eigenvalue weighted by atomic mass is 10.1. The molecule has 1 unspecified atom stereocenters. The lowest BCUT2D eigenvalue weighted by Gasteiger charge is -2.26. The molecule has 3 rings (SSSR count). The van der Waals surface area contributed by atoms with Gasteiger partial charge in [0.05, 0.1) is 12.6 Å². The highest BCUT2D eigenvalue weighted by Crippen LogP contribution is 2.19. The van der Waals surface area contributed by atoms with E-state index in [-0.39, 0.29) is 6.04 Å². The molecule has 0 radical (unpaired) electrons. The molecular formula is C23H31N3O. The van der Waals surface area contributed by atoms with E-state index in [2.05, 4.69) is 46.0 Å². The van der Waals surface area contributed by atoms with Gasteiger partial charge >= 0.3 is 0 Å². The van der Waals surface area contributed by atoms with Crippen LogP contribution < -0.4 is 10.1 Å². The maximum Gasteiger partial charge on any atom is 0.119 e. The largest absolute Gasteiger partial charge is 0.494 e. The van der Waals surface area contributed by atoms with E-state index in [1.807, 2.05) is 30.6 Å². The van der Waals surface area contributed by atoms with Crippen LogP contribution >= 0.6 is 0 Å². The summed E-state index contributed by atoms with van der Waals surface area (Å²) in [5.74, 6) is 0.939. The number of ether oxygens (including phenoxy) is 1. The fourth-order valence-corrected chi connectivity index (χ4v) is 3.50. The Morgan fingerprint density at radius 1 is 1.07 bits per heavy atom. The van der Waals surface area contributed by atoms with Crippen LogP contribution in [0.15, 0.2) is 61.4 Å². The molecule has 1 N–H and O–H groups in total. The molecule has 0 saturated carbocycles. The fourth-order valence-electron chi connectivity index (χ4n) is 3.50. The Morgan fingerprint density at radius 2 is 1.81 bits per heavy atom. The third-order valence-corrected chi connectivity index (χ3v) is 5.09. The minimum Gasteiger partial charge on any atom is -0.494 e. The lowest BCUT2D eigenvalue weighted by molar-refractivity contribution is 0.205. The summed E-state index contributed by atoms with van der Waals surface area (Å²) >= 11 is 0. The standard InChI is InChI=1S/C23H31N3O/c1-2-23(25-19-20-11-13-24-14-12-20)21-7-9-22(10-8-21)27-18-6-17-26-15-4-3-5-16-26/h2,7-14,23,25H,1,3-6,15-19H2. The number of hydrogen-bond donors (Lipinski definition) is 1. The lowest BCUT2D eigenvalue weighted by Crippen LogP contribution is -2.31. The number of rotatable bonds is 10. The maximum atomic E-state index is 5.91. The van der Waals surface area contributed by atoms with E-state index in [9.17, 15) is 0 Å². The van der Waals surface area contributed by atoms with E-state index in [1.54, 1.807) is 0 Å². The molecule has 2 aromatic rings. The minimum absolute atomic E-state index is 0.117. The Morgan fingerprint density at radius 3 is 2.52 bits per heavy atom. The predicted molar refractivity (Wildman–Crippen MR) is 111 cm³/mol. The highest BCUT2D eigenvalue weighted by Gasteiger charge is 2.10. The molecule has 1 aliphatic rings. The zero-order chi connectivity index (χ0) is 18.7. The van der Waals surface area contributed by atoms with E-state index < -0.39 is 0 Å². The van der Waals surface area contributed by atoms with Crippen molar-refractivity contribution in [2.45, 2.75) is 38.3 Å². The zero-order valence-electron chi connectivity index (χ0n) is 16.1. The average molecular weight is 366 g/mol. The number of hydrogen-bond acceptors (Lipinski definition) is 4. The summed E-state index contributed by atoms with van der Waals surface area (Å²) in [6, 6.07) is 12.5. The van der Waals surface area contributed by atoms with Crippen LogP contribution in [-0.4, -0.2) is 36.1 Å². The Labute approximate surface area is 163 Å². The van der Waals surface area contributed by atoms with Crippen molar-refractivity contribution in [3.63, 3.8) is 0 Å². The van der Waals surface area contributed by atoms with E-state index in [0.717, 1.165) is 31.9 Å². The molecular weight excluding hydrogens is 334 g/mol. The second-order valence-corrected chi connectivity index (χ2v) is 7.12. The summed E-state index contributed by atoms with van der Waals surface area (Å²) in [5.41, 5.74) is 2.41. The van der Waals surface area contributed by atoms with Gasteiger partial charge < -0.3 is 15.0 Å². The van der Waals surface area contributed by atoms with Gasteiger partial charge in [-0.3, -0.25) is 4.98 Å². The van der Waals surface area contributed by atoms with E-state index >= 15 is 0 Å². The molecule has 1 aromatic carbocycles. The van der Waals surface area contributed by atoms with Crippen LogP contribution in [0.2, 0.25) is 0 Å². The normalized spacial score (nSPS) is 16.0. The van der Waals surface area contributed by atoms with Gasteiger partial charge in [-0.2, -0.15) is 0 Å². The van der Waals surface area contributed by atoms with Gasteiger partial charge in [-0.05, 0) is 67.7 Å². The molecule has 0 aliphatic carbocycles. The maximum absolute atomic E-state index is 5.91. The quantitative estimate of drug-likeness (QED) is 0.502. The molecule has 0 spiro atoms. The summed E-state index contributed by atoms with van der Waals surface area (Å²) in [5, 5.41) is 3.52. The number of likely N-dealkylation sites (tertiary alicyclic amines) is 1. The molecule has 27 heavy (non-hydrogen) atoms. The first kappa shape index (κ1) is 19.6. The van der Waals surface area contributed by atoms with E-state index in [1.165, 1.54) is 43.5 Å². The number of benzene rings is 1. The SMILES string of the molecule is C=CC(NCc1ccncc1)c1ccc(OCCCN2CCCCC2)cc1. The van der Waals surface area contributed by atoms with E-state index in [0.29, 0.717) is 0 Å². The third kappa shape index (κ3) is 6.49. The summed E-state index contributed by atoms with van der Waals surface area (Å²) < 4.78 is 5.91. The second-order valence-electron chi connectivity index (χ2n) is 7.12. The minimum atomic E-state index is 0.117. The van der Waals surface area contributed by atoms with Gasteiger partial charge in [-0.25, -0.2) is 0 Å². The van der Waals surface area contributed by atoms with Gasteiger partial charge in [0.15, 0.2) is 0 Å². The summed E-state index contributed by atoms with van der Waals surface area (Å²) in [7, 11) is 0. The van der Waals surface area contributed by atoms with Crippen molar-refractivity contribution in [2.75, 3.05) is 26.2 Å². The van der Waals surface area contributed by atoms with Crippen molar-refractivity contribution in [3.8, 4) is 5.75 Å². The molecule has 4 nitrogen and oxygen atoms in total. The zero-order valence-corrected chi connectivity index (χ0v) is 16.1. The molecule has 0 bridgehead atoms. The van der Waals surface area contributed by atoms with Crippen molar-refractivity contribution in [2.24, 2.45) is 0 Å². The Kier molecular flexibility index (Phi) is 7.87. The molecule has 0 amide bonds. The number of piperidine rings is 1. The van der Waals surface area contributed by atoms with Gasteiger partial charge in [0, 0.05) is 25.5 Å². The van der Waals surface area contributed by atoms with Crippen molar-refractivity contribution >= 4 is 0 Å². The molecule has 144 valence electrons. The van der Waals surface area contributed by atoms with Crippen LogP contribution in [0.25, 0.3) is 0 Å². The van der Waals surface area contributed by atoms with Gasteiger partial charge in [0.2, 0.25) is 0 Å². The Balaban J connectivity index is 1.41. The first-order valence-electron chi connectivity index (χ1n) is 10.0. The third-order valence-electron chi connectivity index (χ3n) is 5.09. The number of nitrogens with zero attached hydrogens (tertiary/aromatic N) is 2. The van der Waals surface area contributed by atoms with Crippen molar-refractivity contribution in [1.29, 1.82) is 0 Å². The summed E-state index contributed by atoms with van der Waals surface area (Å²) in [6.45, 7) is 9.19. The topological polar surface area (TPSA) is 37.4 Å². The van der Waals surface area contributed by atoms with Crippen molar-refractivity contribution < 1.29 is 4.74 Å². The molecule has 1 saturated heterocycles. The second kappa shape index (κ2) is 10.9. The highest BCUT2D eigenvalue weighted by atomic mass is 16.5. The number of aromatic nitrogens is 1. The van der Waals surface area contributed by atoms with Gasteiger partial charge in [-0.15, -0.1) is 6.58 Å². The van der Waals surface area contributed by atoms with Crippen molar-refractivity contribution in [1.82, 2.24) is 15.2 Å². The number of nitrogens with one attached hydrogen (secondary N) is 1. The summed E-state index contributed by atoms with van der Waals surface area (Å²) in [6.07, 6.45) is 10.8. The molecule has 1 atom stereocenters. The van der Waals surface area contributed by atoms with Crippen LogP contribution in [0.3, 0.4) is 0 Å². The monoisotopic (exact) mass is 365 g/mol. The van der Waals surface area contributed by atoms with Crippen LogP contribution in [-0.2, 0) is 6.54 Å². The fraction of sp³-hybridized carbons (Fsp3) is 0.435. The highest BCUT2D eigenvalue weighted by molar-refractivity contribution is 5.31. The van der Waals surface area contributed by atoms with Gasteiger partial charge in [-0.1, -0.05) is 24.6 Å². The molecule has 1 aromatic heterocycles. The molecule has 2 heterocycles. The average Bonchev–Trinajstić information content (AvgIpc) is 2.74. The number of pyridine rings is 1. The molecule has 4 heteroatoms. The molecule has 1 aliphatic heterocycles. The first-order valence-corrected chi connectivity index (χ1v) is 10.0.